The molecule has 7 nitrogen and oxygen atoms in total. The Kier molecular flexibility index (Phi) is 4.57. The van der Waals surface area contributed by atoms with Gasteiger partial charge in [-0.3, -0.25) is 4.79 Å². The summed E-state index contributed by atoms with van der Waals surface area (Å²) in [7, 11) is -4.27. The molecule has 0 aliphatic rings. The van der Waals surface area contributed by atoms with Crippen LogP contribution in [0.3, 0.4) is 0 Å². The fraction of sp³-hybridized carbons (Fsp3) is 0.267. The summed E-state index contributed by atoms with van der Waals surface area (Å²) in [5, 5.41) is -0.435. The van der Waals surface area contributed by atoms with E-state index in [1.54, 1.807) is 4.72 Å². The number of pyridine rings is 2. The molecule has 0 aromatic carbocycles. The van der Waals surface area contributed by atoms with Crippen LogP contribution in [0.4, 0.5) is 10.2 Å². The predicted octanol–water partition coefficient (Wildman–Crippen LogP) is 1.61. The van der Waals surface area contributed by atoms with Gasteiger partial charge >= 0.3 is 0 Å². The largest absolute Gasteiger partial charge is 0.384 e. The highest BCUT2D eigenvalue weighted by molar-refractivity contribution is 7.90. The summed E-state index contributed by atoms with van der Waals surface area (Å²) in [6.45, 7) is 5.51. The summed E-state index contributed by atoms with van der Waals surface area (Å²) in [5.41, 5.74) is 4.98. The van der Waals surface area contributed by atoms with Crippen molar-refractivity contribution in [1.82, 2.24) is 14.7 Å². The Hall–Kier alpha value is -2.55. The molecule has 128 valence electrons. The van der Waals surface area contributed by atoms with E-state index in [2.05, 4.69) is 9.97 Å². The quantitative estimate of drug-likeness (QED) is 0.811. The number of carbonyl (C=O) groups excluding carboxylic acids is 1. The first-order valence-electron chi connectivity index (χ1n) is 6.97. The minimum Gasteiger partial charge on any atom is -0.384 e. The third kappa shape index (κ3) is 3.85. The van der Waals surface area contributed by atoms with Gasteiger partial charge in [-0.25, -0.2) is 14.7 Å². The van der Waals surface area contributed by atoms with Crippen molar-refractivity contribution < 1.29 is 17.6 Å². The number of hydrogen-bond donors (Lipinski definition) is 2. The van der Waals surface area contributed by atoms with Crippen LogP contribution in [-0.4, -0.2) is 24.3 Å². The van der Waals surface area contributed by atoms with Gasteiger partial charge in [0.05, 0.1) is 5.56 Å². The molecule has 0 unspecified atom stereocenters. The lowest BCUT2D eigenvalue weighted by Crippen LogP contribution is -2.32. The number of hydrogen-bond acceptors (Lipinski definition) is 6. The maximum Gasteiger partial charge on any atom is 0.281 e. The van der Waals surface area contributed by atoms with E-state index in [-0.39, 0.29) is 5.82 Å². The molecule has 0 saturated heterocycles. The molecule has 2 aromatic heterocycles. The van der Waals surface area contributed by atoms with Gasteiger partial charge in [-0.2, -0.15) is 12.8 Å². The Morgan fingerprint density at radius 3 is 2.38 bits per heavy atom. The first kappa shape index (κ1) is 17.8. The van der Waals surface area contributed by atoms with Crippen LogP contribution in [0, 0.1) is 5.95 Å². The van der Waals surface area contributed by atoms with Gasteiger partial charge in [-0.05, 0) is 24.3 Å². The second-order valence-electron chi connectivity index (χ2n) is 6.12. The molecular weight excluding hydrogens is 335 g/mol. The SMILES string of the molecule is CC(C)(C)c1ccc(C(=O)NS(=O)(=O)c2cccc(N)n2)c(F)n1. The number of aromatic nitrogens is 2. The highest BCUT2D eigenvalue weighted by Gasteiger charge is 2.24. The lowest BCUT2D eigenvalue weighted by molar-refractivity contribution is 0.0976. The van der Waals surface area contributed by atoms with Crippen LogP contribution in [-0.2, 0) is 15.4 Å². The van der Waals surface area contributed by atoms with Crippen LogP contribution in [0.25, 0.3) is 0 Å². The summed E-state index contributed by atoms with van der Waals surface area (Å²) in [5.74, 6) is -2.20. The fourth-order valence-corrected chi connectivity index (χ4v) is 2.77. The Morgan fingerprint density at radius 2 is 1.83 bits per heavy atom. The van der Waals surface area contributed by atoms with Gasteiger partial charge in [0.15, 0.2) is 5.03 Å². The van der Waals surface area contributed by atoms with Crippen LogP contribution in [0.1, 0.15) is 36.8 Å². The van der Waals surface area contributed by atoms with Crippen molar-refractivity contribution in [2.45, 2.75) is 31.2 Å². The number of rotatable bonds is 3. The Bertz CT molecular complexity index is 892. The second kappa shape index (κ2) is 6.16. The topological polar surface area (TPSA) is 115 Å². The van der Waals surface area contributed by atoms with Gasteiger partial charge < -0.3 is 5.73 Å². The summed E-state index contributed by atoms with van der Waals surface area (Å²) in [4.78, 5) is 19.4. The molecule has 2 rings (SSSR count). The molecule has 24 heavy (non-hydrogen) atoms. The van der Waals surface area contributed by atoms with E-state index in [1.807, 2.05) is 20.8 Å². The molecule has 0 aliphatic carbocycles. The smallest absolute Gasteiger partial charge is 0.281 e. The maximum absolute atomic E-state index is 14.1. The zero-order valence-corrected chi connectivity index (χ0v) is 14.2. The van der Waals surface area contributed by atoms with Crippen LogP contribution >= 0.6 is 0 Å². The average molecular weight is 352 g/mol. The first-order valence-corrected chi connectivity index (χ1v) is 8.46. The van der Waals surface area contributed by atoms with Crippen LogP contribution in [0.2, 0.25) is 0 Å². The van der Waals surface area contributed by atoms with Gasteiger partial charge in [0, 0.05) is 11.1 Å². The lowest BCUT2D eigenvalue weighted by atomic mass is 9.91. The van der Waals surface area contributed by atoms with Gasteiger partial charge in [-0.15, -0.1) is 0 Å². The van der Waals surface area contributed by atoms with Crippen LogP contribution in [0.5, 0.6) is 0 Å². The molecule has 0 aliphatic heterocycles. The molecule has 0 fully saturated rings. The number of sulfonamides is 1. The molecule has 0 atom stereocenters. The minimum atomic E-state index is -4.27. The molecule has 0 radical (unpaired) electrons. The van der Waals surface area contributed by atoms with E-state index in [4.69, 9.17) is 5.73 Å². The second-order valence-corrected chi connectivity index (χ2v) is 7.75. The summed E-state index contributed by atoms with van der Waals surface area (Å²) < 4.78 is 40.0. The standard InChI is InChI=1S/C15H17FN4O3S/c1-15(2,3)10-8-7-9(13(16)18-10)14(21)20-24(22,23)12-6-4-5-11(17)19-12/h4-8H,1-3H3,(H2,17,19)(H,20,21). The van der Waals surface area contributed by atoms with Crippen molar-refractivity contribution in [1.29, 1.82) is 0 Å². The van der Waals surface area contributed by atoms with E-state index in [1.165, 1.54) is 30.3 Å². The van der Waals surface area contributed by atoms with Crippen molar-refractivity contribution in [3.8, 4) is 0 Å². The third-order valence-corrected chi connectivity index (χ3v) is 4.34. The van der Waals surface area contributed by atoms with Gasteiger partial charge in [0.2, 0.25) is 5.95 Å². The van der Waals surface area contributed by atoms with Crippen molar-refractivity contribution in [3.05, 3.63) is 47.5 Å². The summed E-state index contributed by atoms with van der Waals surface area (Å²) in [6.07, 6.45) is 0. The number of nitrogens with one attached hydrogen (secondary N) is 1. The molecule has 0 spiro atoms. The number of amides is 1. The summed E-state index contributed by atoms with van der Waals surface area (Å²) >= 11 is 0. The number of nitrogens with two attached hydrogens (primary N) is 1. The normalized spacial score (nSPS) is 12.0. The van der Waals surface area contributed by atoms with E-state index in [0.29, 0.717) is 5.69 Å². The average Bonchev–Trinajstić information content (AvgIpc) is 2.45. The zero-order valence-electron chi connectivity index (χ0n) is 13.4. The van der Waals surface area contributed by atoms with Crippen molar-refractivity contribution in [3.63, 3.8) is 0 Å². The molecule has 3 N–H and O–H groups in total. The number of nitrogen functional groups attached to an aromatic ring is 1. The van der Waals surface area contributed by atoms with Crippen molar-refractivity contribution >= 4 is 21.7 Å². The first-order chi connectivity index (χ1) is 11.0. The van der Waals surface area contributed by atoms with Crippen molar-refractivity contribution in [2.75, 3.05) is 5.73 Å². The molecule has 0 saturated carbocycles. The molecule has 0 bridgehead atoms. The molecule has 9 heteroatoms. The van der Waals surface area contributed by atoms with Gasteiger partial charge in [-0.1, -0.05) is 26.8 Å². The van der Waals surface area contributed by atoms with E-state index in [9.17, 15) is 17.6 Å². The monoisotopic (exact) mass is 352 g/mol. The number of carbonyl (C=O) groups is 1. The third-order valence-electron chi connectivity index (χ3n) is 3.11. The number of nitrogens with zero attached hydrogens (tertiary/aromatic N) is 2. The Labute approximate surface area is 139 Å². The molecule has 2 heterocycles. The highest BCUT2D eigenvalue weighted by atomic mass is 32.2. The lowest BCUT2D eigenvalue weighted by Gasteiger charge is -2.18. The number of halogens is 1. The van der Waals surface area contributed by atoms with E-state index >= 15 is 0 Å². The van der Waals surface area contributed by atoms with E-state index in [0.717, 1.165) is 0 Å². The minimum absolute atomic E-state index is 0.0206. The van der Waals surface area contributed by atoms with E-state index < -0.39 is 37.9 Å². The molecular formula is C15H17FN4O3S. The zero-order chi connectivity index (χ0) is 18.1. The fourth-order valence-electron chi connectivity index (χ4n) is 1.83. The maximum atomic E-state index is 14.1. The van der Waals surface area contributed by atoms with Crippen LogP contribution < -0.4 is 10.5 Å². The molecule has 1 amide bonds. The predicted molar refractivity (Wildman–Crippen MR) is 86.2 cm³/mol. The highest BCUT2D eigenvalue weighted by Crippen LogP contribution is 2.21. The Balaban J connectivity index is 2.30. The van der Waals surface area contributed by atoms with Gasteiger partial charge in [0.25, 0.3) is 15.9 Å². The Morgan fingerprint density at radius 1 is 1.17 bits per heavy atom. The number of anilines is 1. The van der Waals surface area contributed by atoms with Crippen molar-refractivity contribution in [2.24, 2.45) is 0 Å². The summed E-state index contributed by atoms with van der Waals surface area (Å²) in [6, 6.07) is 6.62. The van der Waals surface area contributed by atoms with Crippen LogP contribution in [0.15, 0.2) is 35.4 Å². The van der Waals surface area contributed by atoms with Gasteiger partial charge in [0.1, 0.15) is 5.82 Å². The molecule has 2 aromatic rings.